The molecule has 2 N–H and O–H groups in total. The molecule has 148 valence electrons. The SMILES string of the molecule is O=C(/C=C/c1ccc(COc2ccc(Cl)cc2[N+](=O)[O-])o1)c1ccc(O)cc1O. The van der Waals surface area contributed by atoms with Crippen molar-refractivity contribution in [3.8, 4) is 17.2 Å². The summed E-state index contributed by atoms with van der Waals surface area (Å²) in [5.74, 6) is -0.189. The van der Waals surface area contributed by atoms with E-state index in [4.69, 9.17) is 20.8 Å². The summed E-state index contributed by atoms with van der Waals surface area (Å²) in [7, 11) is 0. The van der Waals surface area contributed by atoms with Gasteiger partial charge >= 0.3 is 5.69 Å². The predicted molar refractivity (Wildman–Crippen MR) is 104 cm³/mol. The number of hydrogen-bond acceptors (Lipinski definition) is 7. The van der Waals surface area contributed by atoms with Crippen molar-refractivity contribution in [2.45, 2.75) is 6.61 Å². The maximum atomic E-state index is 12.1. The number of furan rings is 1. The second-order valence-electron chi connectivity index (χ2n) is 5.86. The number of nitro benzene ring substituents is 1. The predicted octanol–water partition coefficient (Wildman–Crippen LogP) is 4.73. The number of benzene rings is 2. The van der Waals surface area contributed by atoms with Crippen molar-refractivity contribution in [3.63, 3.8) is 0 Å². The van der Waals surface area contributed by atoms with Crippen LogP contribution in [0.4, 0.5) is 5.69 Å². The number of ether oxygens (including phenoxy) is 1. The molecule has 0 atom stereocenters. The minimum absolute atomic E-state index is 0.0317. The van der Waals surface area contributed by atoms with E-state index in [-0.39, 0.29) is 40.1 Å². The fourth-order valence-electron chi connectivity index (χ4n) is 2.44. The van der Waals surface area contributed by atoms with Crippen LogP contribution in [0.25, 0.3) is 6.08 Å². The molecule has 29 heavy (non-hydrogen) atoms. The zero-order valence-electron chi connectivity index (χ0n) is 14.7. The second kappa shape index (κ2) is 8.49. The topological polar surface area (TPSA) is 123 Å². The first-order valence-corrected chi connectivity index (χ1v) is 8.61. The highest BCUT2D eigenvalue weighted by molar-refractivity contribution is 6.30. The summed E-state index contributed by atoms with van der Waals surface area (Å²) < 4.78 is 10.9. The Morgan fingerprint density at radius 1 is 1.17 bits per heavy atom. The smallest absolute Gasteiger partial charge is 0.312 e. The van der Waals surface area contributed by atoms with Gasteiger partial charge in [0.2, 0.25) is 0 Å². The molecule has 0 radical (unpaired) electrons. The average molecular weight is 416 g/mol. The van der Waals surface area contributed by atoms with Crippen molar-refractivity contribution in [1.29, 1.82) is 0 Å². The molecule has 0 amide bonds. The molecule has 3 rings (SSSR count). The third-order valence-corrected chi connectivity index (χ3v) is 4.05. The largest absolute Gasteiger partial charge is 0.508 e. The lowest BCUT2D eigenvalue weighted by molar-refractivity contribution is -0.385. The molecule has 0 bridgehead atoms. The van der Waals surface area contributed by atoms with Gasteiger partial charge in [-0.3, -0.25) is 14.9 Å². The molecule has 2 aromatic carbocycles. The highest BCUT2D eigenvalue weighted by Crippen LogP contribution is 2.30. The quantitative estimate of drug-likeness (QED) is 0.247. The Morgan fingerprint density at radius 2 is 1.97 bits per heavy atom. The van der Waals surface area contributed by atoms with E-state index in [1.807, 2.05) is 0 Å². The number of rotatable bonds is 7. The zero-order valence-corrected chi connectivity index (χ0v) is 15.5. The van der Waals surface area contributed by atoms with E-state index in [1.165, 1.54) is 42.5 Å². The Kier molecular flexibility index (Phi) is 5.85. The van der Waals surface area contributed by atoms with Gasteiger partial charge in [-0.1, -0.05) is 11.6 Å². The van der Waals surface area contributed by atoms with Gasteiger partial charge in [0.25, 0.3) is 0 Å². The van der Waals surface area contributed by atoms with Crippen LogP contribution in [-0.4, -0.2) is 20.9 Å². The summed E-state index contributed by atoms with van der Waals surface area (Å²) in [6.07, 6.45) is 2.61. The van der Waals surface area contributed by atoms with E-state index in [0.717, 1.165) is 6.07 Å². The van der Waals surface area contributed by atoms with Gasteiger partial charge in [0.05, 0.1) is 10.5 Å². The first-order valence-electron chi connectivity index (χ1n) is 8.23. The van der Waals surface area contributed by atoms with Crippen LogP contribution >= 0.6 is 11.6 Å². The molecule has 3 aromatic rings. The summed E-state index contributed by atoms with van der Waals surface area (Å²) in [5, 5.41) is 30.3. The minimum atomic E-state index is -0.595. The number of phenols is 2. The Labute approximate surface area is 169 Å². The Balaban J connectivity index is 1.66. The fourth-order valence-corrected chi connectivity index (χ4v) is 2.61. The monoisotopic (exact) mass is 415 g/mol. The lowest BCUT2D eigenvalue weighted by atomic mass is 10.1. The van der Waals surface area contributed by atoms with E-state index < -0.39 is 10.7 Å². The van der Waals surface area contributed by atoms with Crippen LogP contribution in [0.5, 0.6) is 17.2 Å². The lowest BCUT2D eigenvalue weighted by Gasteiger charge is -2.05. The molecule has 0 unspecified atom stereocenters. The van der Waals surface area contributed by atoms with Gasteiger partial charge in [-0.15, -0.1) is 0 Å². The standard InChI is InChI=1S/C20H14ClNO7/c21-12-1-8-20(17(9-12)22(26)27)28-11-15-4-3-14(29-15)5-7-18(24)16-6-2-13(23)10-19(16)25/h1-10,23,25H,11H2/b7-5+. The molecule has 0 aliphatic carbocycles. The molecule has 0 saturated heterocycles. The van der Waals surface area contributed by atoms with Crippen molar-refractivity contribution < 1.29 is 29.1 Å². The number of nitrogens with zero attached hydrogens (tertiary/aromatic N) is 1. The molecule has 9 heteroatoms. The second-order valence-corrected chi connectivity index (χ2v) is 6.30. The Bertz CT molecular complexity index is 1100. The normalized spacial score (nSPS) is 10.9. The summed E-state index contributed by atoms with van der Waals surface area (Å²) in [4.78, 5) is 22.6. The van der Waals surface area contributed by atoms with Gasteiger partial charge < -0.3 is 19.4 Å². The maximum Gasteiger partial charge on any atom is 0.312 e. The van der Waals surface area contributed by atoms with Crippen LogP contribution < -0.4 is 4.74 Å². The molecule has 0 fully saturated rings. The molecular formula is C20H14ClNO7. The number of aromatic hydroxyl groups is 2. The number of ketones is 1. The van der Waals surface area contributed by atoms with E-state index >= 15 is 0 Å². The van der Waals surface area contributed by atoms with Crippen LogP contribution in [-0.2, 0) is 6.61 Å². The number of carbonyl (C=O) groups is 1. The van der Waals surface area contributed by atoms with Gasteiger partial charge in [0, 0.05) is 17.2 Å². The molecule has 1 aromatic heterocycles. The summed E-state index contributed by atoms with van der Waals surface area (Å²) in [6, 6.07) is 10.9. The molecular weight excluding hydrogens is 402 g/mol. The first-order chi connectivity index (χ1) is 13.8. The number of halogens is 1. The van der Waals surface area contributed by atoms with Crippen molar-refractivity contribution in [1.82, 2.24) is 0 Å². The number of nitro groups is 1. The third-order valence-electron chi connectivity index (χ3n) is 3.82. The van der Waals surface area contributed by atoms with Gasteiger partial charge in [0.1, 0.15) is 29.6 Å². The average Bonchev–Trinajstić information content (AvgIpc) is 3.13. The molecule has 8 nitrogen and oxygen atoms in total. The molecule has 0 aliphatic heterocycles. The van der Waals surface area contributed by atoms with Crippen LogP contribution in [0, 0.1) is 10.1 Å². The van der Waals surface area contributed by atoms with Gasteiger partial charge in [0.15, 0.2) is 11.5 Å². The molecule has 0 saturated carbocycles. The Hall–Kier alpha value is -3.78. The summed E-state index contributed by atoms with van der Waals surface area (Å²) in [6.45, 7) is -0.0665. The number of hydrogen-bond donors (Lipinski definition) is 2. The first kappa shape index (κ1) is 20.0. The summed E-state index contributed by atoms with van der Waals surface area (Å²) in [5.41, 5.74) is -0.229. The van der Waals surface area contributed by atoms with Crippen molar-refractivity contribution in [3.05, 3.63) is 86.8 Å². The van der Waals surface area contributed by atoms with Gasteiger partial charge in [-0.05, 0) is 48.6 Å². The number of allylic oxidation sites excluding steroid dienone is 1. The fraction of sp³-hybridized carbons (Fsp3) is 0.0500. The van der Waals surface area contributed by atoms with Crippen LogP contribution in [0.15, 0.2) is 59.0 Å². The molecule has 0 spiro atoms. The zero-order chi connectivity index (χ0) is 21.0. The molecule has 0 aliphatic rings. The van der Waals surface area contributed by atoms with E-state index in [2.05, 4.69) is 0 Å². The highest BCUT2D eigenvalue weighted by Gasteiger charge is 2.16. The highest BCUT2D eigenvalue weighted by atomic mass is 35.5. The van der Waals surface area contributed by atoms with E-state index in [1.54, 1.807) is 12.1 Å². The van der Waals surface area contributed by atoms with Crippen LogP contribution in [0.1, 0.15) is 21.9 Å². The van der Waals surface area contributed by atoms with Crippen LogP contribution in [0.3, 0.4) is 0 Å². The van der Waals surface area contributed by atoms with Gasteiger partial charge in [-0.25, -0.2) is 0 Å². The van der Waals surface area contributed by atoms with E-state index in [0.29, 0.717) is 11.5 Å². The number of carbonyl (C=O) groups excluding carboxylic acids is 1. The summed E-state index contributed by atoms with van der Waals surface area (Å²) >= 11 is 5.76. The van der Waals surface area contributed by atoms with Crippen molar-refractivity contribution in [2.24, 2.45) is 0 Å². The lowest BCUT2D eigenvalue weighted by Crippen LogP contribution is -1.98. The minimum Gasteiger partial charge on any atom is -0.508 e. The van der Waals surface area contributed by atoms with Crippen LogP contribution in [0.2, 0.25) is 5.02 Å². The number of phenolic OH excluding ortho intramolecular Hbond substituents is 2. The Morgan fingerprint density at radius 3 is 2.69 bits per heavy atom. The van der Waals surface area contributed by atoms with Crippen molar-refractivity contribution in [2.75, 3.05) is 0 Å². The van der Waals surface area contributed by atoms with Crippen molar-refractivity contribution >= 4 is 29.1 Å². The van der Waals surface area contributed by atoms with E-state index in [9.17, 15) is 25.1 Å². The maximum absolute atomic E-state index is 12.1. The molecule has 1 heterocycles. The third kappa shape index (κ3) is 4.94. The van der Waals surface area contributed by atoms with Gasteiger partial charge in [-0.2, -0.15) is 0 Å².